The molecule has 7 heteroatoms. The molecule has 1 aromatic carbocycles. The van der Waals surface area contributed by atoms with E-state index in [0.29, 0.717) is 10.9 Å². The molecule has 1 aliphatic rings. The lowest BCUT2D eigenvalue weighted by atomic mass is 10.1. The highest BCUT2D eigenvalue weighted by molar-refractivity contribution is 8.01. The number of thiazole rings is 1. The smallest absolute Gasteiger partial charge is 0.236 e. The molecule has 2 heterocycles. The van der Waals surface area contributed by atoms with Crippen molar-refractivity contribution in [2.75, 3.05) is 17.9 Å². The highest BCUT2D eigenvalue weighted by atomic mass is 32.2. The molecular weight excluding hydrogens is 332 g/mol. The summed E-state index contributed by atoms with van der Waals surface area (Å²) >= 11 is 3.03. The largest absolute Gasteiger partial charge is 0.454 e. The number of thioether (sulfide) groups is 1. The van der Waals surface area contributed by atoms with Gasteiger partial charge in [-0.1, -0.05) is 20.8 Å². The van der Waals surface area contributed by atoms with Gasteiger partial charge in [-0.15, -0.1) is 23.1 Å². The van der Waals surface area contributed by atoms with Gasteiger partial charge in [-0.05, 0) is 18.2 Å². The number of anilines is 1. The number of nitrogens with one attached hydrogen (secondary N) is 1. The number of fused-ring (bicyclic) bond motifs is 1. The van der Waals surface area contributed by atoms with Gasteiger partial charge in [0.15, 0.2) is 16.6 Å². The van der Waals surface area contributed by atoms with E-state index in [4.69, 9.17) is 9.47 Å². The number of aromatic nitrogens is 1. The van der Waals surface area contributed by atoms with Crippen molar-refractivity contribution in [3.8, 4) is 22.8 Å². The van der Waals surface area contributed by atoms with Gasteiger partial charge in [-0.3, -0.25) is 4.79 Å². The van der Waals surface area contributed by atoms with Crippen LogP contribution in [0.4, 0.5) is 5.13 Å². The fraction of sp³-hybridized carbons (Fsp3) is 0.375. The highest BCUT2D eigenvalue weighted by Gasteiger charge is 2.16. The van der Waals surface area contributed by atoms with Crippen molar-refractivity contribution >= 4 is 34.1 Å². The summed E-state index contributed by atoms with van der Waals surface area (Å²) in [6.45, 7) is 6.52. The van der Waals surface area contributed by atoms with Crippen molar-refractivity contribution in [1.29, 1.82) is 0 Å². The number of hydrogen-bond acceptors (Lipinski definition) is 6. The Bertz CT molecular complexity index is 722. The maximum atomic E-state index is 12.0. The molecule has 0 atom stereocenters. The molecular formula is C16H18N2O3S2. The summed E-state index contributed by atoms with van der Waals surface area (Å²) in [7, 11) is 0. The molecule has 0 saturated carbocycles. The Hall–Kier alpha value is -1.73. The Morgan fingerprint density at radius 1 is 1.35 bits per heavy atom. The van der Waals surface area contributed by atoms with E-state index < -0.39 is 0 Å². The van der Waals surface area contributed by atoms with Crippen LogP contribution in [0, 0.1) is 0 Å². The number of carbonyl (C=O) groups is 1. The summed E-state index contributed by atoms with van der Waals surface area (Å²) in [6, 6.07) is 5.71. The molecule has 0 unspecified atom stereocenters. The Balaban J connectivity index is 1.65. The standard InChI is InChI=1S/C16H18N2O3S2/c1-16(2,3)23-8-14(19)18-15-17-11(7-22-15)10-4-5-12-13(6-10)21-9-20-12/h4-7H,8-9H2,1-3H3,(H,17,18,19). The first-order valence-corrected chi connectivity index (χ1v) is 9.07. The number of benzene rings is 1. The minimum absolute atomic E-state index is 0.0310. The van der Waals surface area contributed by atoms with Gasteiger partial charge in [0.1, 0.15) is 0 Å². The number of nitrogens with zero attached hydrogens (tertiary/aromatic N) is 1. The second kappa shape index (κ2) is 6.41. The molecule has 23 heavy (non-hydrogen) atoms. The molecule has 0 bridgehead atoms. The topological polar surface area (TPSA) is 60.5 Å². The van der Waals surface area contributed by atoms with Gasteiger partial charge in [0, 0.05) is 15.7 Å². The fourth-order valence-corrected chi connectivity index (χ4v) is 3.33. The molecule has 5 nitrogen and oxygen atoms in total. The average Bonchev–Trinajstić information content (AvgIpc) is 3.12. The normalized spacial score (nSPS) is 13.2. The van der Waals surface area contributed by atoms with Gasteiger partial charge in [0.25, 0.3) is 0 Å². The summed E-state index contributed by atoms with van der Waals surface area (Å²) in [6.07, 6.45) is 0. The number of rotatable bonds is 4. The monoisotopic (exact) mass is 350 g/mol. The number of carbonyl (C=O) groups excluding carboxylic acids is 1. The zero-order chi connectivity index (χ0) is 16.4. The molecule has 0 saturated heterocycles. The molecule has 2 aromatic rings. The van der Waals surface area contributed by atoms with Crippen LogP contribution in [0.3, 0.4) is 0 Å². The average molecular weight is 350 g/mol. The van der Waals surface area contributed by atoms with Gasteiger partial charge in [0.05, 0.1) is 11.4 Å². The quantitative estimate of drug-likeness (QED) is 0.903. The van der Waals surface area contributed by atoms with Crippen molar-refractivity contribution in [3.05, 3.63) is 23.6 Å². The predicted octanol–water partition coefficient (Wildman–Crippen LogP) is 4.01. The van der Waals surface area contributed by atoms with Crippen LogP contribution in [0.2, 0.25) is 0 Å². The van der Waals surface area contributed by atoms with Gasteiger partial charge in [-0.25, -0.2) is 4.98 Å². The van der Waals surface area contributed by atoms with Gasteiger partial charge in [-0.2, -0.15) is 0 Å². The Kier molecular flexibility index (Phi) is 4.50. The second-order valence-corrected chi connectivity index (χ2v) is 8.72. The summed E-state index contributed by atoms with van der Waals surface area (Å²) in [4.78, 5) is 16.4. The lowest BCUT2D eigenvalue weighted by Crippen LogP contribution is -2.18. The van der Waals surface area contributed by atoms with E-state index in [1.54, 1.807) is 11.8 Å². The summed E-state index contributed by atoms with van der Waals surface area (Å²) in [5.41, 5.74) is 1.75. The van der Waals surface area contributed by atoms with Gasteiger partial charge < -0.3 is 14.8 Å². The van der Waals surface area contributed by atoms with Crippen LogP contribution < -0.4 is 14.8 Å². The third-order valence-electron chi connectivity index (χ3n) is 3.06. The maximum absolute atomic E-state index is 12.0. The molecule has 1 N–H and O–H groups in total. The highest BCUT2D eigenvalue weighted by Crippen LogP contribution is 2.36. The van der Waals surface area contributed by atoms with Crippen LogP contribution in [0.1, 0.15) is 20.8 Å². The molecule has 0 fully saturated rings. The molecule has 1 aliphatic heterocycles. The minimum atomic E-state index is -0.0310. The molecule has 1 aromatic heterocycles. The molecule has 0 radical (unpaired) electrons. The van der Waals surface area contributed by atoms with E-state index in [1.165, 1.54) is 11.3 Å². The first kappa shape index (κ1) is 16.1. The zero-order valence-electron chi connectivity index (χ0n) is 13.2. The number of ether oxygens (including phenoxy) is 2. The van der Waals surface area contributed by atoms with Crippen molar-refractivity contribution in [2.24, 2.45) is 0 Å². The van der Waals surface area contributed by atoms with Crippen LogP contribution >= 0.6 is 23.1 Å². The zero-order valence-corrected chi connectivity index (χ0v) is 14.8. The molecule has 0 aliphatic carbocycles. The second-order valence-electron chi connectivity index (χ2n) is 6.06. The summed E-state index contributed by atoms with van der Waals surface area (Å²) in [5, 5.41) is 5.38. The third-order valence-corrected chi connectivity index (χ3v) is 5.09. The van der Waals surface area contributed by atoms with Crippen LogP contribution in [0.5, 0.6) is 11.5 Å². The first-order valence-electron chi connectivity index (χ1n) is 7.20. The lowest BCUT2D eigenvalue weighted by molar-refractivity contribution is -0.113. The maximum Gasteiger partial charge on any atom is 0.236 e. The van der Waals surface area contributed by atoms with Gasteiger partial charge >= 0.3 is 0 Å². The SMILES string of the molecule is CC(C)(C)SCC(=O)Nc1nc(-c2ccc3c(c2)OCO3)cs1. The Morgan fingerprint density at radius 2 is 2.13 bits per heavy atom. The molecule has 3 rings (SSSR count). The summed E-state index contributed by atoms with van der Waals surface area (Å²) in [5.74, 6) is 1.86. The Labute approximate surface area is 143 Å². The van der Waals surface area contributed by atoms with Crippen LogP contribution in [-0.4, -0.2) is 28.2 Å². The van der Waals surface area contributed by atoms with E-state index in [-0.39, 0.29) is 17.4 Å². The van der Waals surface area contributed by atoms with Crippen molar-refractivity contribution in [3.63, 3.8) is 0 Å². The lowest BCUT2D eigenvalue weighted by Gasteiger charge is -2.16. The van der Waals surface area contributed by atoms with E-state index in [2.05, 4.69) is 31.1 Å². The summed E-state index contributed by atoms with van der Waals surface area (Å²) < 4.78 is 10.7. The predicted molar refractivity (Wildman–Crippen MR) is 94.5 cm³/mol. The van der Waals surface area contributed by atoms with E-state index >= 15 is 0 Å². The molecule has 1 amide bonds. The Morgan fingerprint density at radius 3 is 2.91 bits per heavy atom. The number of amides is 1. The molecule has 122 valence electrons. The third kappa shape index (κ3) is 4.17. The number of hydrogen-bond donors (Lipinski definition) is 1. The van der Waals surface area contributed by atoms with Crippen LogP contribution in [0.15, 0.2) is 23.6 Å². The van der Waals surface area contributed by atoms with Crippen LogP contribution in [-0.2, 0) is 4.79 Å². The minimum Gasteiger partial charge on any atom is -0.454 e. The first-order chi connectivity index (χ1) is 10.9. The van der Waals surface area contributed by atoms with Crippen molar-refractivity contribution in [2.45, 2.75) is 25.5 Å². The van der Waals surface area contributed by atoms with Crippen molar-refractivity contribution in [1.82, 2.24) is 4.98 Å². The van der Waals surface area contributed by atoms with E-state index in [0.717, 1.165) is 22.8 Å². The van der Waals surface area contributed by atoms with Gasteiger partial charge in [0.2, 0.25) is 12.7 Å². The van der Waals surface area contributed by atoms with E-state index in [1.807, 2.05) is 23.6 Å². The fourth-order valence-electron chi connectivity index (χ4n) is 1.96. The van der Waals surface area contributed by atoms with E-state index in [9.17, 15) is 4.79 Å². The van der Waals surface area contributed by atoms with Crippen molar-refractivity contribution < 1.29 is 14.3 Å². The van der Waals surface area contributed by atoms with Crippen LogP contribution in [0.25, 0.3) is 11.3 Å². The molecule has 0 spiro atoms.